The molecule has 1 amide bonds. The molecule has 8 nitrogen and oxygen atoms in total. The molecule has 1 aromatic carbocycles. The number of nitrogens with zero attached hydrogens (tertiary/aromatic N) is 3. The molecule has 0 saturated heterocycles. The standard InChI is InChI=1S/C15H15N5O3/c1-22-15(21)19-11-4-10(6-16)14-13(5-11)20(2-3-23-14)8-12-7-17-9-18-12/h4-5,7,9H,2-3,8H2,1H3,(H,17,18)(H,19,21). The van der Waals surface area contributed by atoms with Gasteiger partial charge in [-0.25, -0.2) is 9.78 Å². The zero-order valence-corrected chi connectivity index (χ0v) is 12.5. The average molecular weight is 313 g/mol. The molecule has 118 valence electrons. The lowest BCUT2D eigenvalue weighted by atomic mass is 10.1. The fraction of sp³-hybridized carbons (Fsp3) is 0.267. The summed E-state index contributed by atoms with van der Waals surface area (Å²) in [6.07, 6.45) is 2.84. The van der Waals surface area contributed by atoms with Crippen molar-refractivity contribution in [1.29, 1.82) is 5.26 Å². The number of fused-ring (bicyclic) bond motifs is 1. The summed E-state index contributed by atoms with van der Waals surface area (Å²) in [7, 11) is 1.28. The molecule has 0 unspecified atom stereocenters. The lowest BCUT2D eigenvalue weighted by Gasteiger charge is -2.31. The SMILES string of the molecule is COC(=O)Nc1cc(C#N)c2c(c1)N(Cc1c[nH]cn1)CCO2. The smallest absolute Gasteiger partial charge is 0.411 e. The average Bonchev–Trinajstić information content (AvgIpc) is 3.07. The number of imidazole rings is 1. The molecule has 1 aliphatic rings. The molecule has 0 radical (unpaired) electrons. The van der Waals surface area contributed by atoms with Crippen molar-refractivity contribution in [3.05, 3.63) is 35.9 Å². The normalized spacial score (nSPS) is 12.8. The Kier molecular flexibility index (Phi) is 4.01. The molecule has 1 aromatic heterocycles. The van der Waals surface area contributed by atoms with Crippen molar-refractivity contribution in [2.45, 2.75) is 6.54 Å². The van der Waals surface area contributed by atoms with E-state index in [4.69, 9.17) is 4.74 Å². The Hall–Kier alpha value is -3.21. The number of methoxy groups -OCH3 is 1. The minimum atomic E-state index is -0.593. The monoisotopic (exact) mass is 313 g/mol. The van der Waals surface area contributed by atoms with E-state index >= 15 is 0 Å². The molecule has 1 aliphatic heterocycles. The summed E-state index contributed by atoms with van der Waals surface area (Å²) in [5.74, 6) is 0.518. The van der Waals surface area contributed by atoms with Gasteiger partial charge in [0.1, 0.15) is 12.7 Å². The Morgan fingerprint density at radius 2 is 2.48 bits per heavy atom. The van der Waals surface area contributed by atoms with Gasteiger partial charge < -0.3 is 19.4 Å². The highest BCUT2D eigenvalue weighted by atomic mass is 16.5. The summed E-state index contributed by atoms with van der Waals surface area (Å²) >= 11 is 0. The van der Waals surface area contributed by atoms with E-state index in [1.807, 2.05) is 6.20 Å². The van der Waals surface area contributed by atoms with Gasteiger partial charge in [-0.1, -0.05) is 0 Å². The van der Waals surface area contributed by atoms with Crippen molar-refractivity contribution in [1.82, 2.24) is 9.97 Å². The summed E-state index contributed by atoms with van der Waals surface area (Å²) in [6, 6.07) is 5.43. The van der Waals surface area contributed by atoms with Crippen LogP contribution < -0.4 is 15.0 Å². The third-order valence-corrected chi connectivity index (χ3v) is 3.48. The lowest BCUT2D eigenvalue weighted by molar-refractivity contribution is 0.187. The number of carbonyl (C=O) groups excluding carboxylic acids is 1. The van der Waals surface area contributed by atoms with Crippen LogP contribution in [0.4, 0.5) is 16.2 Å². The molecule has 0 bridgehead atoms. The van der Waals surface area contributed by atoms with E-state index < -0.39 is 6.09 Å². The van der Waals surface area contributed by atoms with E-state index in [1.165, 1.54) is 7.11 Å². The molecule has 8 heteroatoms. The Labute approximate surface area is 132 Å². The van der Waals surface area contributed by atoms with Crippen LogP contribution in [0.3, 0.4) is 0 Å². The first kappa shape index (κ1) is 14.7. The topological polar surface area (TPSA) is 103 Å². The number of hydrogen-bond acceptors (Lipinski definition) is 6. The maximum Gasteiger partial charge on any atom is 0.411 e. The molecule has 0 atom stereocenters. The fourth-order valence-corrected chi connectivity index (χ4v) is 2.44. The highest BCUT2D eigenvalue weighted by Gasteiger charge is 2.23. The first-order valence-electron chi connectivity index (χ1n) is 7.00. The molecule has 0 spiro atoms. The Morgan fingerprint density at radius 1 is 1.61 bits per heavy atom. The van der Waals surface area contributed by atoms with Crippen LogP contribution in [0.2, 0.25) is 0 Å². The second kappa shape index (κ2) is 6.27. The number of nitriles is 1. The number of rotatable bonds is 3. The lowest BCUT2D eigenvalue weighted by Crippen LogP contribution is -2.32. The van der Waals surface area contributed by atoms with Crippen LogP contribution in [-0.4, -0.2) is 36.3 Å². The predicted octanol–water partition coefficient (Wildman–Crippen LogP) is 1.86. The van der Waals surface area contributed by atoms with Crippen molar-refractivity contribution in [3.8, 4) is 11.8 Å². The van der Waals surface area contributed by atoms with Gasteiger partial charge in [0.25, 0.3) is 0 Å². The van der Waals surface area contributed by atoms with Crippen LogP contribution in [0.15, 0.2) is 24.7 Å². The second-order valence-electron chi connectivity index (χ2n) is 4.93. The summed E-state index contributed by atoms with van der Waals surface area (Å²) in [5, 5.41) is 11.9. The van der Waals surface area contributed by atoms with Crippen molar-refractivity contribution in [3.63, 3.8) is 0 Å². The zero-order chi connectivity index (χ0) is 16.2. The van der Waals surface area contributed by atoms with Gasteiger partial charge in [0.2, 0.25) is 0 Å². The van der Waals surface area contributed by atoms with Crippen molar-refractivity contribution in [2.24, 2.45) is 0 Å². The van der Waals surface area contributed by atoms with Gasteiger partial charge in [-0.3, -0.25) is 5.32 Å². The molecule has 0 aliphatic carbocycles. The van der Waals surface area contributed by atoms with Crippen molar-refractivity contribution >= 4 is 17.5 Å². The number of anilines is 2. The third kappa shape index (κ3) is 3.03. The van der Waals surface area contributed by atoms with E-state index in [1.54, 1.807) is 18.5 Å². The number of H-pyrrole nitrogens is 1. The summed E-state index contributed by atoms with van der Waals surface area (Å²) in [6.45, 7) is 1.72. The Balaban J connectivity index is 1.97. The van der Waals surface area contributed by atoms with E-state index in [9.17, 15) is 10.1 Å². The second-order valence-corrected chi connectivity index (χ2v) is 4.93. The van der Waals surface area contributed by atoms with Crippen molar-refractivity contribution in [2.75, 3.05) is 30.5 Å². The molecule has 0 saturated carbocycles. The number of carbonyl (C=O) groups is 1. The largest absolute Gasteiger partial charge is 0.488 e. The first-order chi connectivity index (χ1) is 11.2. The summed E-state index contributed by atoms with van der Waals surface area (Å²) in [4.78, 5) is 20.6. The van der Waals surface area contributed by atoms with Gasteiger partial charge in [-0.2, -0.15) is 5.26 Å². The van der Waals surface area contributed by atoms with Crippen LogP contribution in [0.25, 0.3) is 0 Å². The van der Waals surface area contributed by atoms with Crippen LogP contribution in [0.5, 0.6) is 5.75 Å². The maximum atomic E-state index is 11.4. The Morgan fingerprint density at radius 3 is 3.17 bits per heavy atom. The first-order valence-corrected chi connectivity index (χ1v) is 7.00. The fourth-order valence-electron chi connectivity index (χ4n) is 2.44. The molecule has 23 heavy (non-hydrogen) atoms. The number of nitrogens with one attached hydrogen (secondary N) is 2. The highest BCUT2D eigenvalue weighted by molar-refractivity contribution is 5.87. The molecule has 2 heterocycles. The van der Waals surface area contributed by atoms with E-state index in [0.29, 0.717) is 36.7 Å². The third-order valence-electron chi connectivity index (χ3n) is 3.48. The maximum absolute atomic E-state index is 11.4. The number of hydrogen-bond donors (Lipinski definition) is 2. The molecule has 2 N–H and O–H groups in total. The minimum absolute atomic E-state index is 0.362. The predicted molar refractivity (Wildman–Crippen MR) is 82.3 cm³/mol. The Bertz CT molecular complexity index is 751. The van der Waals surface area contributed by atoms with E-state index in [0.717, 1.165) is 11.4 Å². The van der Waals surface area contributed by atoms with Gasteiger partial charge in [0.15, 0.2) is 5.75 Å². The quantitative estimate of drug-likeness (QED) is 0.896. The molecular weight excluding hydrogens is 298 g/mol. The van der Waals surface area contributed by atoms with Gasteiger partial charge in [0, 0.05) is 11.9 Å². The minimum Gasteiger partial charge on any atom is -0.488 e. The summed E-state index contributed by atoms with van der Waals surface area (Å²) < 4.78 is 10.2. The summed E-state index contributed by atoms with van der Waals surface area (Å²) in [5.41, 5.74) is 2.46. The van der Waals surface area contributed by atoms with Gasteiger partial charge in [-0.05, 0) is 12.1 Å². The zero-order valence-electron chi connectivity index (χ0n) is 12.5. The number of benzene rings is 1. The highest BCUT2D eigenvalue weighted by Crippen LogP contribution is 2.38. The molecule has 0 fully saturated rings. The van der Waals surface area contributed by atoms with Crippen LogP contribution in [0, 0.1) is 11.3 Å². The van der Waals surface area contributed by atoms with E-state index in [2.05, 4.69) is 31.0 Å². The number of aromatic amines is 1. The van der Waals surface area contributed by atoms with Crippen LogP contribution in [0.1, 0.15) is 11.3 Å². The van der Waals surface area contributed by atoms with Crippen LogP contribution >= 0.6 is 0 Å². The van der Waals surface area contributed by atoms with Crippen LogP contribution in [-0.2, 0) is 11.3 Å². The van der Waals surface area contributed by atoms with E-state index in [-0.39, 0.29) is 0 Å². The van der Waals surface area contributed by atoms with Gasteiger partial charge in [-0.15, -0.1) is 0 Å². The molecule has 2 aromatic rings. The molecule has 3 rings (SSSR count). The van der Waals surface area contributed by atoms with Gasteiger partial charge >= 0.3 is 6.09 Å². The number of aromatic nitrogens is 2. The number of ether oxygens (including phenoxy) is 2. The van der Waals surface area contributed by atoms with Gasteiger partial charge in [0.05, 0.1) is 43.5 Å². The van der Waals surface area contributed by atoms with Crippen molar-refractivity contribution < 1.29 is 14.3 Å². The molecular formula is C15H15N5O3. The number of amides is 1.